The SMILES string of the molecule is Cn1cc(C(=O)NCC(C)(C)C(=O)O)c2ccccc21. The summed E-state index contributed by atoms with van der Waals surface area (Å²) in [6.45, 7) is 3.25. The quantitative estimate of drug-likeness (QED) is 0.896. The molecule has 0 spiro atoms. The Morgan fingerprint density at radius 1 is 1.30 bits per heavy atom. The Balaban J connectivity index is 2.23. The molecule has 20 heavy (non-hydrogen) atoms. The topological polar surface area (TPSA) is 71.3 Å². The highest BCUT2D eigenvalue weighted by atomic mass is 16.4. The van der Waals surface area contributed by atoms with Crippen LogP contribution in [0.3, 0.4) is 0 Å². The molecule has 0 unspecified atom stereocenters. The fourth-order valence-electron chi connectivity index (χ4n) is 1.99. The lowest BCUT2D eigenvalue weighted by molar-refractivity contribution is -0.146. The zero-order chi connectivity index (χ0) is 14.9. The number of para-hydroxylation sites is 1. The first-order valence-corrected chi connectivity index (χ1v) is 6.38. The van der Waals surface area contributed by atoms with Gasteiger partial charge in [-0.3, -0.25) is 9.59 Å². The fourth-order valence-corrected chi connectivity index (χ4v) is 1.99. The van der Waals surface area contributed by atoms with E-state index in [0.29, 0.717) is 5.56 Å². The maximum absolute atomic E-state index is 12.2. The van der Waals surface area contributed by atoms with Crippen LogP contribution in [0.5, 0.6) is 0 Å². The molecule has 2 aromatic rings. The van der Waals surface area contributed by atoms with Gasteiger partial charge in [0, 0.05) is 30.7 Å². The number of nitrogens with zero attached hydrogens (tertiary/aromatic N) is 1. The van der Waals surface area contributed by atoms with Gasteiger partial charge < -0.3 is 15.0 Å². The molecule has 0 aliphatic rings. The first kappa shape index (κ1) is 14.1. The molecule has 0 bridgehead atoms. The lowest BCUT2D eigenvalue weighted by Crippen LogP contribution is -2.38. The molecule has 0 fully saturated rings. The second-order valence-corrected chi connectivity index (χ2v) is 5.54. The van der Waals surface area contributed by atoms with E-state index in [1.165, 1.54) is 0 Å². The normalized spacial score (nSPS) is 11.6. The summed E-state index contributed by atoms with van der Waals surface area (Å²) in [6, 6.07) is 7.61. The Morgan fingerprint density at radius 2 is 1.95 bits per heavy atom. The summed E-state index contributed by atoms with van der Waals surface area (Å²) in [7, 11) is 1.88. The van der Waals surface area contributed by atoms with Crippen molar-refractivity contribution in [3.05, 3.63) is 36.0 Å². The van der Waals surface area contributed by atoms with E-state index in [-0.39, 0.29) is 12.5 Å². The van der Waals surface area contributed by atoms with Gasteiger partial charge in [-0.05, 0) is 19.9 Å². The molecule has 106 valence electrons. The van der Waals surface area contributed by atoms with E-state index in [9.17, 15) is 9.59 Å². The number of hydrogen-bond donors (Lipinski definition) is 2. The molecule has 2 N–H and O–H groups in total. The molecule has 0 aliphatic carbocycles. The molecule has 0 saturated heterocycles. The van der Waals surface area contributed by atoms with Gasteiger partial charge in [-0.1, -0.05) is 18.2 Å². The van der Waals surface area contributed by atoms with E-state index >= 15 is 0 Å². The lowest BCUT2D eigenvalue weighted by atomic mass is 9.94. The van der Waals surface area contributed by atoms with Crippen LogP contribution < -0.4 is 5.32 Å². The van der Waals surface area contributed by atoms with Crippen molar-refractivity contribution >= 4 is 22.8 Å². The molecule has 1 heterocycles. The van der Waals surface area contributed by atoms with E-state index in [1.807, 2.05) is 35.9 Å². The number of benzene rings is 1. The van der Waals surface area contributed by atoms with Crippen molar-refractivity contribution in [1.29, 1.82) is 0 Å². The van der Waals surface area contributed by atoms with Crippen molar-refractivity contribution in [2.24, 2.45) is 12.5 Å². The molecule has 0 atom stereocenters. The number of nitrogens with one attached hydrogen (secondary N) is 1. The summed E-state index contributed by atoms with van der Waals surface area (Å²) in [5, 5.41) is 12.6. The van der Waals surface area contributed by atoms with Gasteiger partial charge in [-0.25, -0.2) is 0 Å². The highest BCUT2D eigenvalue weighted by Crippen LogP contribution is 2.20. The Hall–Kier alpha value is -2.30. The summed E-state index contributed by atoms with van der Waals surface area (Å²) in [4.78, 5) is 23.3. The van der Waals surface area contributed by atoms with Crippen LogP contribution in [0.2, 0.25) is 0 Å². The minimum atomic E-state index is -0.986. The highest BCUT2D eigenvalue weighted by Gasteiger charge is 2.28. The molecule has 2 rings (SSSR count). The Morgan fingerprint density at radius 3 is 2.60 bits per heavy atom. The van der Waals surface area contributed by atoms with Gasteiger partial charge in [-0.15, -0.1) is 0 Å². The van der Waals surface area contributed by atoms with Gasteiger partial charge in [0.25, 0.3) is 5.91 Å². The molecular formula is C15H18N2O3. The van der Waals surface area contributed by atoms with Gasteiger partial charge >= 0.3 is 5.97 Å². The third-order valence-electron chi connectivity index (χ3n) is 3.41. The van der Waals surface area contributed by atoms with E-state index < -0.39 is 11.4 Å². The highest BCUT2D eigenvalue weighted by molar-refractivity contribution is 6.07. The number of carbonyl (C=O) groups excluding carboxylic acids is 1. The summed E-state index contributed by atoms with van der Waals surface area (Å²) in [5.74, 6) is -1.19. The zero-order valence-electron chi connectivity index (χ0n) is 11.8. The van der Waals surface area contributed by atoms with Gasteiger partial charge in [0.1, 0.15) is 0 Å². The average Bonchev–Trinajstić information content (AvgIpc) is 2.74. The number of aryl methyl sites for hydroxylation is 1. The number of carbonyl (C=O) groups is 2. The number of amides is 1. The van der Waals surface area contributed by atoms with Crippen molar-refractivity contribution in [1.82, 2.24) is 9.88 Å². The number of fused-ring (bicyclic) bond motifs is 1. The molecule has 1 aromatic carbocycles. The first-order valence-electron chi connectivity index (χ1n) is 6.38. The van der Waals surface area contributed by atoms with Crippen LogP contribution in [0.25, 0.3) is 10.9 Å². The third kappa shape index (κ3) is 2.52. The third-order valence-corrected chi connectivity index (χ3v) is 3.41. The van der Waals surface area contributed by atoms with Crippen LogP contribution in [-0.4, -0.2) is 28.1 Å². The molecule has 1 aromatic heterocycles. The maximum atomic E-state index is 12.2. The summed E-state index contributed by atoms with van der Waals surface area (Å²) in [6.07, 6.45) is 1.76. The Labute approximate surface area is 117 Å². The number of rotatable bonds is 4. The average molecular weight is 274 g/mol. The minimum Gasteiger partial charge on any atom is -0.481 e. The predicted molar refractivity (Wildman–Crippen MR) is 76.7 cm³/mol. The molecule has 0 aliphatic heterocycles. The van der Waals surface area contributed by atoms with E-state index in [4.69, 9.17) is 5.11 Å². The summed E-state index contributed by atoms with van der Waals surface area (Å²) < 4.78 is 1.88. The predicted octanol–water partition coefficient (Wildman–Crippen LogP) is 2.02. The molecule has 5 nitrogen and oxygen atoms in total. The van der Waals surface area contributed by atoms with Crippen molar-refractivity contribution in [3.63, 3.8) is 0 Å². The van der Waals surface area contributed by atoms with Crippen molar-refractivity contribution < 1.29 is 14.7 Å². The van der Waals surface area contributed by atoms with Crippen LogP contribution in [0, 0.1) is 5.41 Å². The van der Waals surface area contributed by atoms with Gasteiger partial charge in [0.05, 0.1) is 11.0 Å². The number of carboxylic acid groups (broad SMARTS) is 1. The summed E-state index contributed by atoms with van der Waals surface area (Å²) in [5.41, 5.74) is 0.541. The minimum absolute atomic E-state index is 0.0877. The number of hydrogen-bond acceptors (Lipinski definition) is 2. The number of aliphatic carboxylic acids is 1. The number of carboxylic acids is 1. The molecular weight excluding hydrogens is 256 g/mol. The van der Waals surface area contributed by atoms with Gasteiger partial charge in [0.15, 0.2) is 0 Å². The Bertz CT molecular complexity index is 671. The van der Waals surface area contributed by atoms with Crippen molar-refractivity contribution in [3.8, 4) is 0 Å². The van der Waals surface area contributed by atoms with E-state index in [1.54, 1.807) is 20.0 Å². The Kier molecular flexibility index (Phi) is 3.53. The largest absolute Gasteiger partial charge is 0.481 e. The zero-order valence-corrected chi connectivity index (χ0v) is 11.8. The molecule has 5 heteroatoms. The van der Waals surface area contributed by atoms with Crippen molar-refractivity contribution in [2.45, 2.75) is 13.8 Å². The summed E-state index contributed by atoms with van der Waals surface area (Å²) >= 11 is 0. The van der Waals surface area contributed by atoms with E-state index in [0.717, 1.165) is 10.9 Å². The standard InChI is InChI=1S/C15H18N2O3/c1-15(2,14(19)20)9-16-13(18)11-8-17(3)12-7-5-4-6-10(11)12/h4-8H,9H2,1-3H3,(H,16,18)(H,19,20). The monoisotopic (exact) mass is 274 g/mol. The van der Waals surface area contributed by atoms with Gasteiger partial charge in [0.2, 0.25) is 0 Å². The van der Waals surface area contributed by atoms with Crippen LogP contribution in [0.15, 0.2) is 30.5 Å². The van der Waals surface area contributed by atoms with E-state index in [2.05, 4.69) is 5.32 Å². The first-order chi connectivity index (χ1) is 9.33. The molecule has 0 radical (unpaired) electrons. The fraction of sp³-hybridized carbons (Fsp3) is 0.333. The molecule has 0 saturated carbocycles. The van der Waals surface area contributed by atoms with Crippen LogP contribution >= 0.6 is 0 Å². The second-order valence-electron chi connectivity index (χ2n) is 5.54. The second kappa shape index (κ2) is 5.00. The smallest absolute Gasteiger partial charge is 0.310 e. The number of aromatic nitrogens is 1. The van der Waals surface area contributed by atoms with Crippen LogP contribution in [-0.2, 0) is 11.8 Å². The maximum Gasteiger partial charge on any atom is 0.310 e. The lowest BCUT2D eigenvalue weighted by Gasteiger charge is -2.19. The van der Waals surface area contributed by atoms with Crippen LogP contribution in [0.4, 0.5) is 0 Å². The molecule has 1 amide bonds. The van der Waals surface area contributed by atoms with Gasteiger partial charge in [-0.2, -0.15) is 0 Å². The van der Waals surface area contributed by atoms with Crippen LogP contribution in [0.1, 0.15) is 24.2 Å². The van der Waals surface area contributed by atoms with Crippen molar-refractivity contribution in [2.75, 3.05) is 6.54 Å².